The zero-order chi connectivity index (χ0) is 20.1. The van der Waals surface area contributed by atoms with Crippen LogP contribution in [0.3, 0.4) is 0 Å². The van der Waals surface area contributed by atoms with Gasteiger partial charge in [0.05, 0.1) is 22.0 Å². The minimum atomic E-state index is -0.526. The zero-order valence-corrected chi connectivity index (χ0v) is 16.0. The number of nitro benzene ring substituents is 1. The summed E-state index contributed by atoms with van der Waals surface area (Å²) in [4.78, 5) is 17.3. The normalized spacial score (nSPS) is 13.7. The molecule has 8 nitrogen and oxygen atoms in total. The smallest absolute Gasteiger partial charge is 0.284 e. The number of anilines is 3. The number of benzene rings is 2. The molecule has 0 aliphatic heterocycles. The summed E-state index contributed by atoms with van der Waals surface area (Å²) in [6, 6.07) is 7.62. The lowest BCUT2D eigenvalue weighted by molar-refractivity contribution is -0.383. The van der Waals surface area contributed by atoms with Crippen LogP contribution in [0.1, 0.15) is 30.0 Å². The molecule has 1 aliphatic rings. The zero-order valence-electron chi connectivity index (χ0n) is 15.2. The van der Waals surface area contributed by atoms with Gasteiger partial charge < -0.3 is 0 Å². The SMILES string of the molecule is Cc1csc(N(c2ccc(F)cc2C2CC2)c2ccc([N+](=O)[O-])c3nonc23)n1. The van der Waals surface area contributed by atoms with E-state index in [4.69, 9.17) is 4.63 Å². The quantitative estimate of drug-likeness (QED) is 0.321. The fourth-order valence-electron chi connectivity index (χ4n) is 3.40. The molecule has 1 fully saturated rings. The van der Waals surface area contributed by atoms with Crippen molar-refractivity contribution in [3.63, 3.8) is 0 Å². The molecule has 2 aromatic heterocycles. The van der Waals surface area contributed by atoms with Crippen molar-refractivity contribution in [2.45, 2.75) is 25.7 Å². The molecule has 1 saturated carbocycles. The summed E-state index contributed by atoms with van der Waals surface area (Å²) in [6.45, 7) is 1.88. The average Bonchev–Trinajstić information content (AvgIpc) is 3.27. The van der Waals surface area contributed by atoms with Crippen LogP contribution in [0.4, 0.5) is 26.6 Å². The van der Waals surface area contributed by atoms with Crippen LogP contribution in [0, 0.1) is 22.9 Å². The van der Waals surface area contributed by atoms with Crippen molar-refractivity contribution in [2.75, 3.05) is 4.90 Å². The summed E-state index contributed by atoms with van der Waals surface area (Å²) < 4.78 is 18.8. The van der Waals surface area contributed by atoms with Crippen molar-refractivity contribution in [1.82, 2.24) is 15.3 Å². The maximum Gasteiger partial charge on any atom is 0.300 e. The average molecular weight is 411 g/mol. The number of hydrogen-bond donors (Lipinski definition) is 0. The third kappa shape index (κ3) is 3.01. The first-order valence-corrected chi connectivity index (χ1v) is 9.82. The lowest BCUT2D eigenvalue weighted by Gasteiger charge is -2.25. The minimum absolute atomic E-state index is 0.0564. The van der Waals surface area contributed by atoms with Gasteiger partial charge in [-0.05, 0) is 65.8 Å². The van der Waals surface area contributed by atoms with Gasteiger partial charge in [0.1, 0.15) is 5.82 Å². The topological polar surface area (TPSA) is 98.2 Å². The van der Waals surface area contributed by atoms with Crippen LogP contribution in [0.2, 0.25) is 0 Å². The molecule has 0 amide bonds. The first kappa shape index (κ1) is 17.7. The maximum atomic E-state index is 14.0. The second-order valence-electron chi connectivity index (χ2n) is 6.91. The van der Waals surface area contributed by atoms with Gasteiger partial charge in [-0.1, -0.05) is 0 Å². The Morgan fingerprint density at radius 2 is 1.97 bits per heavy atom. The van der Waals surface area contributed by atoms with Crippen molar-refractivity contribution in [3.8, 4) is 0 Å². The van der Waals surface area contributed by atoms with Crippen molar-refractivity contribution in [2.24, 2.45) is 0 Å². The van der Waals surface area contributed by atoms with Gasteiger partial charge in [0.2, 0.25) is 5.52 Å². The van der Waals surface area contributed by atoms with E-state index in [-0.39, 0.29) is 28.5 Å². The largest absolute Gasteiger partial charge is 0.300 e. The third-order valence-corrected chi connectivity index (χ3v) is 5.80. The fourth-order valence-corrected chi connectivity index (χ4v) is 4.23. The lowest BCUT2D eigenvalue weighted by atomic mass is 10.1. The number of aromatic nitrogens is 3. The molecule has 146 valence electrons. The van der Waals surface area contributed by atoms with Gasteiger partial charge in [0.15, 0.2) is 10.6 Å². The van der Waals surface area contributed by atoms with Gasteiger partial charge >= 0.3 is 5.69 Å². The van der Waals surface area contributed by atoms with Crippen LogP contribution in [-0.2, 0) is 0 Å². The third-order valence-electron chi connectivity index (χ3n) is 4.86. The number of halogens is 1. The number of nitro groups is 1. The Labute approximate surface area is 167 Å². The fraction of sp³-hybridized carbons (Fsp3) is 0.211. The Bertz CT molecular complexity index is 1250. The highest BCUT2D eigenvalue weighted by atomic mass is 32.1. The molecule has 2 heterocycles. The van der Waals surface area contributed by atoms with Gasteiger partial charge in [0, 0.05) is 11.4 Å². The molecule has 0 bridgehead atoms. The molecule has 4 aromatic rings. The summed E-state index contributed by atoms with van der Waals surface area (Å²) >= 11 is 1.42. The number of non-ortho nitro benzene ring substituents is 1. The van der Waals surface area contributed by atoms with E-state index < -0.39 is 4.92 Å². The van der Waals surface area contributed by atoms with E-state index in [1.165, 1.54) is 23.5 Å². The predicted molar refractivity (Wildman–Crippen MR) is 105 cm³/mol. The Morgan fingerprint density at radius 3 is 2.66 bits per heavy atom. The summed E-state index contributed by atoms with van der Waals surface area (Å²) in [5.41, 5.74) is 3.12. The number of thiazole rings is 1. The maximum absolute atomic E-state index is 14.0. The summed E-state index contributed by atoms with van der Waals surface area (Å²) in [7, 11) is 0. The molecule has 0 radical (unpaired) electrons. The van der Waals surface area contributed by atoms with Crippen LogP contribution in [0.25, 0.3) is 11.0 Å². The molecule has 0 unspecified atom stereocenters. The van der Waals surface area contributed by atoms with Crippen LogP contribution < -0.4 is 4.90 Å². The van der Waals surface area contributed by atoms with Gasteiger partial charge in [0.25, 0.3) is 0 Å². The van der Waals surface area contributed by atoms with Gasteiger partial charge in [-0.25, -0.2) is 14.0 Å². The second-order valence-corrected chi connectivity index (χ2v) is 7.74. The van der Waals surface area contributed by atoms with E-state index in [2.05, 4.69) is 15.3 Å². The van der Waals surface area contributed by atoms with Crippen LogP contribution in [0.5, 0.6) is 0 Å². The van der Waals surface area contributed by atoms with E-state index >= 15 is 0 Å². The molecule has 5 rings (SSSR count). The highest BCUT2D eigenvalue weighted by molar-refractivity contribution is 7.14. The molecule has 0 spiro atoms. The first-order chi connectivity index (χ1) is 14.0. The summed E-state index contributed by atoms with van der Waals surface area (Å²) in [6.07, 6.45) is 1.98. The second kappa shape index (κ2) is 6.59. The highest BCUT2D eigenvalue weighted by Gasteiger charge is 2.32. The van der Waals surface area contributed by atoms with Gasteiger partial charge in [-0.2, -0.15) is 0 Å². The van der Waals surface area contributed by atoms with Crippen molar-refractivity contribution < 1.29 is 13.9 Å². The van der Waals surface area contributed by atoms with E-state index in [0.717, 1.165) is 29.8 Å². The molecular weight excluding hydrogens is 397 g/mol. The van der Waals surface area contributed by atoms with Crippen molar-refractivity contribution in [3.05, 3.63) is 62.9 Å². The molecule has 0 saturated heterocycles. The van der Waals surface area contributed by atoms with Gasteiger partial charge in [-0.15, -0.1) is 11.3 Å². The Balaban J connectivity index is 1.78. The monoisotopic (exact) mass is 411 g/mol. The number of aryl methyl sites for hydroxylation is 1. The molecule has 0 N–H and O–H groups in total. The van der Waals surface area contributed by atoms with Gasteiger partial charge in [-0.3, -0.25) is 15.0 Å². The van der Waals surface area contributed by atoms with E-state index in [9.17, 15) is 14.5 Å². The number of fused-ring (bicyclic) bond motifs is 1. The minimum Gasteiger partial charge on any atom is -0.284 e. The highest BCUT2D eigenvalue weighted by Crippen LogP contribution is 2.49. The lowest BCUT2D eigenvalue weighted by Crippen LogP contribution is -2.13. The van der Waals surface area contributed by atoms with Crippen LogP contribution in [-0.4, -0.2) is 20.2 Å². The Hall–Kier alpha value is -3.40. The predicted octanol–water partition coefficient (Wildman–Crippen LogP) is 5.38. The van der Waals surface area contributed by atoms with Crippen LogP contribution >= 0.6 is 11.3 Å². The Morgan fingerprint density at radius 1 is 1.21 bits per heavy atom. The van der Waals surface area contributed by atoms with E-state index in [1.807, 2.05) is 17.2 Å². The summed E-state index contributed by atoms with van der Waals surface area (Å²) in [5, 5.41) is 21.6. The molecule has 2 aromatic carbocycles. The van der Waals surface area contributed by atoms with E-state index in [1.54, 1.807) is 18.2 Å². The first-order valence-electron chi connectivity index (χ1n) is 8.94. The number of hydrogen-bond acceptors (Lipinski definition) is 8. The standard InChI is InChI=1S/C19H14FN5O3S/c1-10-9-29-19(21-10)24(14-5-4-12(20)8-13(14)11-2-3-11)15-6-7-16(25(26)27)18-17(15)22-28-23-18/h4-9,11H,2-3H2,1H3. The summed E-state index contributed by atoms with van der Waals surface area (Å²) in [5.74, 6) is -0.0314. The number of rotatable bonds is 5. The molecule has 0 atom stereocenters. The van der Waals surface area contributed by atoms with Crippen LogP contribution in [0.15, 0.2) is 40.3 Å². The van der Waals surface area contributed by atoms with Crippen molar-refractivity contribution >= 4 is 44.6 Å². The van der Waals surface area contributed by atoms with E-state index in [0.29, 0.717) is 10.8 Å². The Kier molecular flexibility index (Phi) is 4.02. The molecular formula is C19H14FN5O3S. The molecule has 1 aliphatic carbocycles. The number of nitrogens with zero attached hydrogens (tertiary/aromatic N) is 5. The molecule has 10 heteroatoms. The van der Waals surface area contributed by atoms with Crippen molar-refractivity contribution in [1.29, 1.82) is 0 Å². The molecule has 29 heavy (non-hydrogen) atoms.